The average molecular weight is 352 g/mol. The van der Waals surface area contributed by atoms with Crippen LogP contribution in [0.1, 0.15) is 78.6 Å². The van der Waals surface area contributed by atoms with Gasteiger partial charge in [0.05, 0.1) is 11.0 Å². The van der Waals surface area contributed by atoms with E-state index >= 15 is 0 Å². The van der Waals surface area contributed by atoms with Crippen molar-refractivity contribution in [3.8, 4) is 0 Å². The maximum absolute atomic E-state index is 12.3. The minimum Gasteiger partial charge on any atom is -0.456 e. The lowest BCUT2D eigenvalue weighted by molar-refractivity contribution is -0.222. The predicted octanol–water partition coefficient (Wildman–Crippen LogP) is 3.37. The van der Waals surface area contributed by atoms with Gasteiger partial charge >= 0.3 is 11.9 Å². The van der Waals surface area contributed by atoms with Gasteiger partial charge in [-0.25, -0.2) is 4.79 Å². The smallest absolute Gasteiger partial charge is 0.344 e. The Balaban J connectivity index is 1.56. The molecular weight excluding hydrogens is 320 g/mol. The second-order valence-electron chi connectivity index (χ2n) is 9.08. The molecule has 4 bridgehead atoms. The van der Waals surface area contributed by atoms with E-state index < -0.39 is 22.6 Å². The summed E-state index contributed by atoms with van der Waals surface area (Å²) in [5.41, 5.74) is -1.74. The fraction of sp³-hybridized carbons (Fsp3) is 0.900. The number of hydrogen-bond donors (Lipinski definition) is 1. The summed E-state index contributed by atoms with van der Waals surface area (Å²) < 4.78 is 11.1. The highest BCUT2D eigenvalue weighted by molar-refractivity contribution is 5.80. The third kappa shape index (κ3) is 3.71. The number of esters is 2. The van der Waals surface area contributed by atoms with Crippen LogP contribution >= 0.6 is 0 Å². The van der Waals surface area contributed by atoms with E-state index in [0.29, 0.717) is 24.7 Å². The number of ether oxygens (including phenoxy) is 2. The molecule has 0 aliphatic heterocycles. The molecule has 0 aromatic rings. The highest BCUT2D eigenvalue weighted by atomic mass is 16.6. The Morgan fingerprint density at radius 2 is 1.80 bits per heavy atom. The molecule has 1 N–H and O–H groups in total. The molecule has 0 saturated heterocycles. The Morgan fingerprint density at radius 1 is 1.16 bits per heavy atom. The average Bonchev–Trinajstić information content (AvgIpc) is 2.49. The van der Waals surface area contributed by atoms with Gasteiger partial charge in [-0.05, 0) is 63.7 Å². The standard InChI is InChI=1S/C20H32O5/c1-4-6-18(3,5-2)17(22)24-12-16(21)25-20-10-14-7-15(11-20)9-19(23,8-14)13-20/h14-15,23H,4-13H2,1-3H3. The monoisotopic (exact) mass is 352 g/mol. The first-order chi connectivity index (χ1) is 11.7. The number of hydrogen-bond acceptors (Lipinski definition) is 5. The maximum atomic E-state index is 12.3. The van der Waals surface area contributed by atoms with Crippen molar-refractivity contribution in [2.75, 3.05) is 6.61 Å². The molecule has 0 amide bonds. The van der Waals surface area contributed by atoms with Crippen LogP contribution in [-0.2, 0) is 19.1 Å². The Labute approximate surface area is 150 Å². The lowest BCUT2D eigenvalue weighted by Gasteiger charge is -2.59. The fourth-order valence-corrected chi connectivity index (χ4v) is 5.80. The molecular formula is C20H32O5. The second kappa shape index (κ2) is 6.57. The van der Waals surface area contributed by atoms with E-state index in [9.17, 15) is 14.7 Å². The number of aliphatic hydroxyl groups is 1. The van der Waals surface area contributed by atoms with Crippen LogP contribution in [-0.4, -0.2) is 34.9 Å². The molecule has 25 heavy (non-hydrogen) atoms. The van der Waals surface area contributed by atoms with Crippen molar-refractivity contribution >= 4 is 11.9 Å². The van der Waals surface area contributed by atoms with Gasteiger partial charge in [-0.3, -0.25) is 4.79 Å². The van der Waals surface area contributed by atoms with Gasteiger partial charge in [0.15, 0.2) is 6.61 Å². The molecule has 4 rings (SSSR count). The zero-order valence-electron chi connectivity index (χ0n) is 15.8. The van der Waals surface area contributed by atoms with E-state index in [0.717, 1.165) is 44.9 Å². The Morgan fingerprint density at radius 3 is 2.32 bits per heavy atom. The summed E-state index contributed by atoms with van der Waals surface area (Å²) in [6.45, 7) is 5.56. The lowest BCUT2D eigenvalue weighted by Crippen LogP contribution is -2.60. The van der Waals surface area contributed by atoms with Crippen LogP contribution in [0, 0.1) is 17.3 Å². The molecule has 4 aliphatic carbocycles. The Bertz CT molecular complexity index is 528. The molecule has 4 aliphatic rings. The summed E-state index contributed by atoms with van der Waals surface area (Å²) >= 11 is 0. The van der Waals surface area contributed by atoms with Gasteiger partial charge in [0.1, 0.15) is 5.60 Å². The maximum Gasteiger partial charge on any atom is 0.344 e. The van der Waals surface area contributed by atoms with Gasteiger partial charge in [0.25, 0.3) is 0 Å². The summed E-state index contributed by atoms with van der Waals surface area (Å²) in [7, 11) is 0. The lowest BCUT2D eigenvalue weighted by atomic mass is 9.52. The third-order valence-electron chi connectivity index (χ3n) is 6.70. The molecule has 0 heterocycles. The normalized spacial score (nSPS) is 38.2. The van der Waals surface area contributed by atoms with Crippen molar-refractivity contribution in [3.05, 3.63) is 0 Å². The van der Waals surface area contributed by atoms with Gasteiger partial charge in [0.2, 0.25) is 0 Å². The second-order valence-corrected chi connectivity index (χ2v) is 9.08. The highest BCUT2D eigenvalue weighted by Gasteiger charge is 2.59. The van der Waals surface area contributed by atoms with Crippen LogP contribution in [0.15, 0.2) is 0 Å². The molecule has 3 unspecified atom stereocenters. The van der Waals surface area contributed by atoms with Crippen molar-refractivity contribution < 1.29 is 24.2 Å². The zero-order chi connectivity index (χ0) is 18.3. The zero-order valence-corrected chi connectivity index (χ0v) is 15.8. The van der Waals surface area contributed by atoms with E-state index in [4.69, 9.17) is 9.47 Å². The predicted molar refractivity (Wildman–Crippen MR) is 92.7 cm³/mol. The van der Waals surface area contributed by atoms with Crippen molar-refractivity contribution in [1.29, 1.82) is 0 Å². The Kier molecular flexibility index (Phi) is 4.91. The first-order valence-electron chi connectivity index (χ1n) is 9.83. The van der Waals surface area contributed by atoms with Crippen LogP contribution in [0.2, 0.25) is 0 Å². The SMILES string of the molecule is CCCC(C)(CC)C(=O)OCC(=O)OC12CC3CC(CC(O)(C3)C1)C2. The van der Waals surface area contributed by atoms with Crippen LogP contribution < -0.4 is 0 Å². The van der Waals surface area contributed by atoms with E-state index in [1.165, 1.54) is 0 Å². The molecule has 0 aromatic heterocycles. The quantitative estimate of drug-likeness (QED) is 0.711. The van der Waals surface area contributed by atoms with Gasteiger partial charge in [-0.2, -0.15) is 0 Å². The molecule has 4 saturated carbocycles. The summed E-state index contributed by atoms with van der Waals surface area (Å²) in [5, 5.41) is 10.7. The minimum atomic E-state index is -0.664. The third-order valence-corrected chi connectivity index (χ3v) is 6.70. The Hall–Kier alpha value is -1.10. The van der Waals surface area contributed by atoms with Gasteiger partial charge in [-0.1, -0.05) is 20.3 Å². The topological polar surface area (TPSA) is 72.8 Å². The minimum absolute atomic E-state index is 0.321. The molecule has 0 spiro atoms. The molecule has 4 fully saturated rings. The molecule has 5 heteroatoms. The summed E-state index contributed by atoms with van der Waals surface area (Å²) in [6, 6.07) is 0. The molecule has 5 nitrogen and oxygen atoms in total. The van der Waals surface area contributed by atoms with Crippen LogP contribution in [0.5, 0.6) is 0 Å². The van der Waals surface area contributed by atoms with Gasteiger partial charge in [-0.15, -0.1) is 0 Å². The number of carbonyl (C=O) groups is 2. The van der Waals surface area contributed by atoms with Crippen LogP contribution in [0.3, 0.4) is 0 Å². The van der Waals surface area contributed by atoms with E-state index in [-0.39, 0.29) is 12.6 Å². The van der Waals surface area contributed by atoms with Crippen LogP contribution in [0.25, 0.3) is 0 Å². The molecule has 142 valence electrons. The first-order valence-corrected chi connectivity index (χ1v) is 9.83. The molecule has 0 radical (unpaired) electrons. The van der Waals surface area contributed by atoms with Crippen molar-refractivity contribution in [3.63, 3.8) is 0 Å². The number of carbonyl (C=O) groups excluding carboxylic acids is 2. The van der Waals surface area contributed by atoms with Crippen LogP contribution in [0.4, 0.5) is 0 Å². The van der Waals surface area contributed by atoms with E-state index in [1.807, 2.05) is 20.8 Å². The first kappa shape index (κ1) is 18.7. The molecule has 0 aromatic carbocycles. The van der Waals surface area contributed by atoms with Crippen molar-refractivity contribution in [2.45, 2.75) is 89.8 Å². The van der Waals surface area contributed by atoms with E-state index in [2.05, 4.69) is 0 Å². The largest absolute Gasteiger partial charge is 0.456 e. The van der Waals surface area contributed by atoms with Gasteiger partial charge in [0, 0.05) is 6.42 Å². The summed E-state index contributed by atoms with van der Waals surface area (Å²) in [6.07, 6.45) is 7.37. The van der Waals surface area contributed by atoms with Gasteiger partial charge < -0.3 is 14.6 Å². The fourth-order valence-electron chi connectivity index (χ4n) is 5.80. The van der Waals surface area contributed by atoms with E-state index in [1.54, 1.807) is 0 Å². The van der Waals surface area contributed by atoms with Crippen molar-refractivity contribution in [2.24, 2.45) is 17.3 Å². The highest BCUT2D eigenvalue weighted by Crippen LogP contribution is 2.58. The number of rotatable bonds is 7. The summed E-state index contributed by atoms with van der Waals surface area (Å²) in [4.78, 5) is 24.7. The molecule has 3 atom stereocenters. The van der Waals surface area contributed by atoms with Crippen molar-refractivity contribution in [1.82, 2.24) is 0 Å². The summed E-state index contributed by atoms with van der Waals surface area (Å²) in [5.74, 6) is 0.107.